The van der Waals surface area contributed by atoms with Crippen LogP contribution in [0.2, 0.25) is 0 Å². The van der Waals surface area contributed by atoms with Gasteiger partial charge in [-0.1, -0.05) is 28.9 Å². The molecule has 1 nitrogen and oxygen atoms in total. The van der Waals surface area contributed by atoms with Crippen LogP contribution in [0.1, 0.15) is 30.5 Å². The third-order valence-corrected chi connectivity index (χ3v) is 4.35. The van der Waals surface area contributed by atoms with Gasteiger partial charge in [-0.05, 0) is 29.7 Å². The lowest BCUT2D eigenvalue weighted by Gasteiger charge is -2.13. The Balaban J connectivity index is 2.39. The molecule has 0 bridgehead atoms. The second kappa shape index (κ2) is 4.25. The van der Waals surface area contributed by atoms with Gasteiger partial charge in [0.05, 0.1) is 0 Å². The van der Waals surface area contributed by atoms with Gasteiger partial charge in [0.2, 0.25) is 0 Å². The molecule has 0 saturated heterocycles. The molecule has 0 amide bonds. The molecule has 14 heavy (non-hydrogen) atoms. The van der Waals surface area contributed by atoms with Gasteiger partial charge in [-0.2, -0.15) is 11.8 Å². The Morgan fingerprint density at radius 3 is 3.07 bits per heavy atom. The van der Waals surface area contributed by atoms with E-state index in [4.69, 9.17) is 5.73 Å². The molecule has 0 saturated carbocycles. The summed E-state index contributed by atoms with van der Waals surface area (Å²) in [5.74, 6) is 1.09. The highest BCUT2D eigenvalue weighted by atomic mass is 79.9. The highest BCUT2D eigenvalue weighted by molar-refractivity contribution is 9.10. The Hall–Kier alpha value is 0.01000. The molecule has 76 valence electrons. The van der Waals surface area contributed by atoms with E-state index in [1.165, 1.54) is 11.1 Å². The Bertz CT molecular complexity index is 340. The van der Waals surface area contributed by atoms with Crippen LogP contribution in [0.5, 0.6) is 0 Å². The van der Waals surface area contributed by atoms with Crippen LogP contribution in [-0.4, -0.2) is 5.25 Å². The summed E-state index contributed by atoms with van der Waals surface area (Å²) in [5, 5.41) is 0.663. The van der Waals surface area contributed by atoms with Crippen molar-refractivity contribution in [3.63, 3.8) is 0 Å². The fraction of sp³-hybridized carbons (Fsp3) is 0.455. The third-order valence-electron chi connectivity index (χ3n) is 2.62. The van der Waals surface area contributed by atoms with Gasteiger partial charge in [0.15, 0.2) is 0 Å². The number of rotatable bonds is 0. The topological polar surface area (TPSA) is 26.0 Å². The van der Waals surface area contributed by atoms with E-state index in [9.17, 15) is 0 Å². The summed E-state index contributed by atoms with van der Waals surface area (Å²) in [6, 6.07) is 6.65. The minimum Gasteiger partial charge on any atom is -0.324 e. The summed E-state index contributed by atoms with van der Waals surface area (Å²) in [7, 11) is 0. The molecule has 2 N–H and O–H groups in total. The molecule has 0 fully saturated rings. The summed E-state index contributed by atoms with van der Waals surface area (Å²) < 4.78 is 1.13. The first-order valence-electron chi connectivity index (χ1n) is 4.82. The molecule has 2 atom stereocenters. The van der Waals surface area contributed by atoms with Crippen LogP contribution in [0.25, 0.3) is 0 Å². The predicted molar refractivity (Wildman–Crippen MR) is 66.4 cm³/mol. The van der Waals surface area contributed by atoms with Gasteiger partial charge < -0.3 is 5.73 Å². The Morgan fingerprint density at radius 2 is 2.29 bits per heavy atom. The Labute approximate surface area is 97.6 Å². The predicted octanol–water partition coefficient (Wildman–Crippen LogP) is 3.47. The molecule has 1 heterocycles. The average Bonchev–Trinajstić information content (AvgIpc) is 2.27. The molecular formula is C11H14BrNS. The van der Waals surface area contributed by atoms with Crippen LogP contribution >= 0.6 is 27.7 Å². The second-order valence-corrected chi connectivity index (χ2v) is 6.15. The molecule has 1 unspecified atom stereocenters. The maximum absolute atomic E-state index is 6.17. The number of benzene rings is 1. The van der Waals surface area contributed by atoms with Crippen molar-refractivity contribution in [2.24, 2.45) is 5.73 Å². The molecule has 0 radical (unpaired) electrons. The molecule has 1 aliphatic rings. The van der Waals surface area contributed by atoms with Crippen LogP contribution in [0.4, 0.5) is 0 Å². The minimum atomic E-state index is 0.201. The number of fused-ring (bicyclic) bond motifs is 1. The van der Waals surface area contributed by atoms with E-state index in [1.807, 2.05) is 11.8 Å². The zero-order valence-electron chi connectivity index (χ0n) is 8.16. The minimum absolute atomic E-state index is 0.201. The first kappa shape index (κ1) is 10.5. The van der Waals surface area contributed by atoms with E-state index in [0.29, 0.717) is 5.25 Å². The Morgan fingerprint density at radius 1 is 1.50 bits per heavy atom. The fourth-order valence-corrected chi connectivity index (χ4v) is 3.28. The lowest BCUT2D eigenvalue weighted by molar-refractivity contribution is 0.651. The lowest BCUT2D eigenvalue weighted by Crippen LogP contribution is -2.14. The largest absolute Gasteiger partial charge is 0.324 e. The molecule has 1 aromatic carbocycles. The van der Waals surface area contributed by atoms with Gasteiger partial charge in [0.1, 0.15) is 0 Å². The van der Waals surface area contributed by atoms with Crippen molar-refractivity contribution in [3.8, 4) is 0 Å². The molecule has 1 aliphatic heterocycles. The quantitative estimate of drug-likeness (QED) is 0.782. The lowest BCUT2D eigenvalue weighted by atomic mass is 9.99. The van der Waals surface area contributed by atoms with Crippen LogP contribution in [0, 0.1) is 0 Å². The van der Waals surface area contributed by atoms with Crippen molar-refractivity contribution >= 4 is 27.7 Å². The van der Waals surface area contributed by atoms with Crippen molar-refractivity contribution in [2.75, 3.05) is 0 Å². The molecule has 0 aromatic heterocycles. The smallest absolute Gasteiger partial charge is 0.0308 e. The first-order valence-corrected chi connectivity index (χ1v) is 6.66. The number of hydrogen-bond donors (Lipinski definition) is 1. The van der Waals surface area contributed by atoms with Gasteiger partial charge in [0, 0.05) is 21.5 Å². The summed E-state index contributed by atoms with van der Waals surface area (Å²) >= 11 is 5.49. The van der Waals surface area contributed by atoms with E-state index in [-0.39, 0.29) is 6.04 Å². The van der Waals surface area contributed by atoms with E-state index in [1.54, 1.807) is 0 Å². The fourth-order valence-electron chi connectivity index (χ4n) is 1.83. The van der Waals surface area contributed by atoms with Gasteiger partial charge in [0.25, 0.3) is 0 Å². The van der Waals surface area contributed by atoms with Crippen molar-refractivity contribution in [1.82, 2.24) is 0 Å². The van der Waals surface area contributed by atoms with Crippen LogP contribution in [-0.2, 0) is 5.75 Å². The van der Waals surface area contributed by atoms with Gasteiger partial charge in [-0.25, -0.2) is 0 Å². The summed E-state index contributed by atoms with van der Waals surface area (Å²) in [4.78, 5) is 0. The monoisotopic (exact) mass is 271 g/mol. The van der Waals surface area contributed by atoms with Gasteiger partial charge in [-0.15, -0.1) is 0 Å². The first-order chi connectivity index (χ1) is 6.66. The van der Waals surface area contributed by atoms with Gasteiger partial charge >= 0.3 is 0 Å². The molecule has 0 spiro atoms. The Kier molecular flexibility index (Phi) is 3.20. The van der Waals surface area contributed by atoms with Crippen molar-refractivity contribution < 1.29 is 0 Å². The number of hydrogen-bond acceptors (Lipinski definition) is 2. The molecule has 1 aromatic rings. The van der Waals surface area contributed by atoms with Gasteiger partial charge in [-0.3, -0.25) is 0 Å². The molecule has 3 heteroatoms. The molecule has 2 rings (SSSR count). The zero-order chi connectivity index (χ0) is 10.1. The van der Waals surface area contributed by atoms with Crippen LogP contribution < -0.4 is 5.73 Å². The van der Waals surface area contributed by atoms with Crippen LogP contribution in [0.15, 0.2) is 22.7 Å². The number of nitrogens with two attached hydrogens (primary N) is 1. The SMILES string of the molecule is CC1C[C@H](N)c2cc(Br)ccc2CS1. The average molecular weight is 272 g/mol. The van der Waals surface area contributed by atoms with Crippen molar-refractivity contribution in [2.45, 2.75) is 30.4 Å². The number of halogens is 1. The standard InChI is InChI=1S/C11H14BrNS/c1-7-4-11(13)10-5-9(12)3-2-8(10)6-14-7/h2-3,5,7,11H,4,6,13H2,1H3/t7?,11-/m0/s1. The molecular weight excluding hydrogens is 258 g/mol. The maximum atomic E-state index is 6.17. The second-order valence-electron chi connectivity index (χ2n) is 3.81. The normalized spacial score (nSPS) is 26.8. The summed E-state index contributed by atoms with van der Waals surface area (Å²) in [6.45, 7) is 2.26. The zero-order valence-corrected chi connectivity index (χ0v) is 10.6. The van der Waals surface area contributed by atoms with E-state index in [2.05, 4.69) is 41.1 Å². The van der Waals surface area contributed by atoms with E-state index < -0.39 is 0 Å². The van der Waals surface area contributed by atoms with E-state index in [0.717, 1.165) is 16.6 Å². The third kappa shape index (κ3) is 2.15. The maximum Gasteiger partial charge on any atom is 0.0308 e. The van der Waals surface area contributed by atoms with Crippen molar-refractivity contribution in [1.29, 1.82) is 0 Å². The highest BCUT2D eigenvalue weighted by Crippen LogP contribution is 2.34. The summed E-state index contributed by atoms with van der Waals surface area (Å²) in [5.41, 5.74) is 8.89. The summed E-state index contributed by atoms with van der Waals surface area (Å²) in [6.07, 6.45) is 1.08. The number of thioether (sulfide) groups is 1. The highest BCUT2D eigenvalue weighted by Gasteiger charge is 2.19. The van der Waals surface area contributed by atoms with Crippen LogP contribution in [0.3, 0.4) is 0 Å². The van der Waals surface area contributed by atoms with Crippen molar-refractivity contribution in [3.05, 3.63) is 33.8 Å². The molecule has 0 aliphatic carbocycles. The van der Waals surface area contributed by atoms with E-state index >= 15 is 0 Å².